The predicted octanol–water partition coefficient (Wildman–Crippen LogP) is 6.36. The molecule has 2 aromatic carbocycles. The van der Waals surface area contributed by atoms with Crippen LogP contribution in [0.3, 0.4) is 0 Å². The second kappa shape index (κ2) is 8.53. The number of likely N-dealkylation sites (N-methyl/N-ethyl adjacent to an activating group) is 1. The van der Waals surface area contributed by atoms with Gasteiger partial charge in [0, 0.05) is 6.54 Å². The summed E-state index contributed by atoms with van der Waals surface area (Å²) in [5.74, 6) is 0.879. The fraction of sp³-hybridized carbons (Fsp3) is 0.462. The number of rotatable bonds is 4. The lowest BCUT2D eigenvalue weighted by Crippen LogP contribution is -2.16. The van der Waals surface area contributed by atoms with E-state index >= 15 is 0 Å². The SMILES string of the molecule is CN(C)CC1=C(c2cccc(O)c2)CC(c2cccc(C(C)(C)C)c2)CCC1. The van der Waals surface area contributed by atoms with Gasteiger partial charge >= 0.3 is 0 Å². The number of phenolic OH excluding ortho intramolecular Hbond substituents is 1. The highest BCUT2D eigenvalue weighted by Crippen LogP contribution is 2.40. The Labute approximate surface area is 170 Å². The molecule has 3 rings (SSSR count). The molecule has 28 heavy (non-hydrogen) atoms. The van der Waals surface area contributed by atoms with Crippen LogP contribution in [0.1, 0.15) is 69.1 Å². The lowest BCUT2D eigenvalue weighted by Gasteiger charge is -2.23. The van der Waals surface area contributed by atoms with Crippen LogP contribution in [0.25, 0.3) is 5.57 Å². The van der Waals surface area contributed by atoms with Gasteiger partial charge in [-0.25, -0.2) is 0 Å². The van der Waals surface area contributed by atoms with E-state index in [4.69, 9.17) is 0 Å². The minimum atomic E-state index is 0.167. The molecule has 0 saturated heterocycles. The molecule has 1 N–H and O–H groups in total. The summed E-state index contributed by atoms with van der Waals surface area (Å²) in [6.07, 6.45) is 4.61. The maximum atomic E-state index is 10.1. The highest BCUT2D eigenvalue weighted by atomic mass is 16.3. The number of allylic oxidation sites excluding steroid dienone is 1. The zero-order chi connectivity index (χ0) is 20.3. The van der Waals surface area contributed by atoms with Crippen molar-refractivity contribution in [2.24, 2.45) is 0 Å². The fourth-order valence-electron chi connectivity index (χ4n) is 4.32. The van der Waals surface area contributed by atoms with Crippen LogP contribution >= 0.6 is 0 Å². The second-order valence-electron chi connectivity index (χ2n) is 9.54. The summed E-state index contributed by atoms with van der Waals surface area (Å²) < 4.78 is 0. The first kappa shape index (κ1) is 20.7. The number of hydrogen-bond acceptors (Lipinski definition) is 2. The minimum Gasteiger partial charge on any atom is -0.508 e. The standard InChI is InChI=1S/C26H35NO/c1-26(2,3)23-13-7-10-19(15-23)20-9-6-12-22(18-27(4)5)25(17-20)21-11-8-14-24(28)16-21/h7-8,10-11,13-16,20,28H,6,9,12,17-18H2,1-5H3. The second-order valence-corrected chi connectivity index (χ2v) is 9.54. The topological polar surface area (TPSA) is 23.5 Å². The Morgan fingerprint density at radius 3 is 2.46 bits per heavy atom. The summed E-state index contributed by atoms with van der Waals surface area (Å²) in [5.41, 5.74) is 7.15. The van der Waals surface area contributed by atoms with Crippen molar-refractivity contribution in [2.75, 3.05) is 20.6 Å². The monoisotopic (exact) mass is 377 g/mol. The zero-order valence-corrected chi connectivity index (χ0v) is 18.1. The van der Waals surface area contributed by atoms with Crippen LogP contribution < -0.4 is 0 Å². The van der Waals surface area contributed by atoms with Crippen molar-refractivity contribution in [3.8, 4) is 5.75 Å². The molecule has 0 aliphatic heterocycles. The Kier molecular flexibility index (Phi) is 6.30. The van der Waals surface area contributed by atoms with E-state index in [1.807, 2.05) is 12.1 Å². The van der Waals surface area contributed by atoms with Crippen molar-refractivity contribution in [1.29, 1.82) is 0 Å². The van der Waals surface area contributed by atoms with E-state index in [2.05, 4.69) is 70.1 Å². The molecule has 0 saturated carbocycles. The van der Waals surface area contributed by atoms with Gasteiger partial charge in [0.25, 0.3) is 0 Å². The summed E-state index contributed by atoms with van der Waals surface area (Å²) in [4.78, 5) is 2.26. The minimum absolute atomic E-state index is 0.167. The van der Waals surface area contributed by atoms with Crippen LogP contribution in [0.4, 0.5) is 0 Å². The maximum absolute atomic E-state index is 10.1. The van der Waals surface area contributed by atoms with Gasteiger partial charge in [0.15, 0.2) is 0 Å². The third kappa shape index (κ3) is 5.05. The quantitative estimate of drug-likeness (QED) is 0.670. The first-order valence-corrected chi connectivity index (χ1v) is 10.5. The van der Waals surface area contributed by atoms with Crippen LogP contribution in [-0.4, -0.2) is 30.6 Å². The average molecular weight is 378 g/mol. The van der Waals surface area contributed by atoms with Gasteiger partial charge in [0.2, 0.25) is 0 Å². The van der Waals surface area contributed by atoms with Crippen LogP contribution in [0.2, 0.25) is 0 Å². The largest absolute Gasteiger partial charge is 0.508 e. The van der Waals surface area contributed by atoms with Crippen molar-refractivity contribution in [2.45, 2.75) is 57.8 Å². The first-order chi connectivity index (χ1) is 13.2. The van der Waals surface area contributed by atoms with Gasteiger partial charge in [0.05, 0.1) is 0 Å². The van der Waals surface area contributed by atoms with Gasteiger partial charge in [-0.15, -0.1) is 0 Å². The number of aromatic hydroxyl groups is 1. The van der Waals surface area contributed by atoms with Gasteiger partial charge in [-0.3, -0.25) is 0 Å². The molecule has 0 amide bonds. The molecule has 0 aromatic heterocycles. The number of phenols is 1. The van der Waals surface area contributed by atoms with Crippen LogP contribution in [0.5, 0.6) is 5.75 Å². The molecule has 1 unspecified atom stereocenters. The van der Waals surface area contributed by atoms with E-state index in [1.165, 1.54) is 40.7 Å². The third-order valence-corrected chi connectivity index (χ3v) is 5.83. The zero-order valence-electron chi connectivity index (χ0n) is 18.1. The van der Waals surface area contributed by atoms with E-state index in [0.717, 1.165) is 19.4 Å². The Hall–Kier alpha value is -2.06. The van der Waals surface area contributed by atoms with Crippen LogP contribution in [0, 0.1) is 0 Å². The lowest BCUT2D eigenvalue weighted by atomic mass is 9.82. The van der Waals surface area contributed by atoms with E-state index in [-0.39, 0.29) is 5.41 Å². The van der Waals surface area contributed by atoms with Crippen molar-refractivity contribution in [3.63, 3.8) is 0 Å². The molecule has 0 heterocycles. The van der Waals surface area contributed by atoms with Gasteiger partial charge in [-0.05, 0) is 85.5 Å². The van der Waals surface area contributed by atoms with E-state index in [1.54, 1.807) is 6.07 Å². The molecule has 0 fully saturated rings. The molecule has 0 bridgehead atoms. The number of hydrogen-bond donors (Lipinski definition) is 1. The Morgan fingerprint density at radius 1 is 1.04 bits per heavy atom. The van der Waals surface area contributed by atoms with E-state index in [0.29, 0.717) is 11.7 Å². The Balaban J connectivity index is 2.00. The lowest BCUT2D eigenvalue weighted by molar-refractivity contribution is 0.438. The summed E-state index contributed by atoms with van der Waals surface area (Å²) in [6.45, 7) is 7.84. The number of nitrogens with zero attached hydrogens (tertiary/aromatic N) is 1. The maximum Gasteiger partial charge on any atom is 0.116 e. The highest BCUT2D eigenvalue weighted by molar-refractivity contribution is 5.71. The van der Waals surface area contributed by atoms with Gasteiger partial charge < -0.3 is 10.0 Å². The summed E-state index contributed by atoms with van der Waals surface area (Å²) >= 11 is 0. The first-order valence-electron chi connectivity index (χ1n) is 10.5. The molecule has 1 aliphatic carbocycles. The van der Waals surface area contributed by atoms with E-state index < -0.39 is 0 Å². The van der Waals surface area contributed by atoms with Crippen molar-refractivity contribution in [1.82, 2.24) is 4.90 Å². The van der Waals surface area contributed by atoms with E-state index in [9.17, 15) is 5.11 Å². The molecular weight excluding hydrogens is 342 g/mol. The van der Waals surface area contributed by atoms with Crippen LogP contribution in [0.15, 0.2) is 54.1 Å². The van der Waals surface area contributed by atoms with Gasteiger partial charge in [0.1, 0.15) is 5.75 Å². The molecule has 0 radical (unpaired) electrons. The summed E-state index contributed by atoms with van der Waals surface area (Å²) in [5, 5.41) is 10.1. The van der Waals surface area contributed by atoms with Crippen molar-refractivity contribution in [3.05, 3.63) is 70.8 Å². The molecule has 2 aromatic rings. The fourth-order valence-corrected chi connectivity index (χ4v) is 4.32. The molecular formula is C26H35NO. The third-order valence-electron chi connectivity index (χ3n) is 5.83. The summed E-state index contributed by atoms with van der Waals surface area (Å²) in [7, 11) is 4.28. The summed E-state index contributed by atoms with van der Waals surface area (Å²) in [6, 6.07) is 17.0. The predicted molar refractivity (Wildman–Crippen MR) is 120 cm³/mol. The van der Waals surface area contributed by atoms with Gasteiger partial charge in [-0.1, -0.05) is 62.7 Å². The molecule has 2 heteroatoms. The highest BCUT2D eigenvalue weighted by Gasteiger charge is 2.23. The molecule has 150 valence electrons. The average Bonchev–Trinajstić information content (AvgIpc) is 2.83. The van der Waals surface area contributed by atoms with Crippen molar-refractivity contribution < 1.29 is 5.11 Å². The molecule has 1 atom stereocenters. The Morgan fingerprint density at radius 2 is 1.79 bits per heavy atom. The Bertz CT molecular complexity index is 842. The van der Waals surface area contributed by atoms with Crippen LogP contribution in [-0.2, 0) is 5.41 Å². The molecule has 1 aliphatic rings. The number of benzene rings is 2. The van der Waals surface area contributed by atoms with Crippen molar-refractivity contribution >= 4 is 5.57 Å². The normalized spacial score (nSPS) is 18.4. The van der Waals surface area contributed by atoms with Gasteiger partial charge in [-0.2, -0.15) is 0 Å². The molecule has 0 spiro atoms. The molecule has 2 nitrogen and oxygen atoms in total. The smallest absolute Gasteiger partial charge is 0.116 e.